The summed E-state index contributed by atoms with van der Waals surface area (Å²) in [6, 6.07) is 13.3. The number of pyridine rings is 1. The molecule has 0 spiro atoms. The number of aromatic amines is 2. The topological polar surface area (TPSA) is 131 Å². The molecule has 0 radical (unpaired) electrons. The van der Waals surface area contributed by atoms with Gasteiger partial charge in [-0.1, -0.05) is 19.1 Å². The van der Waals surface area contributed by atoms with Crippen LogP contribution in [0.15, 0.2) is 64.1 Å². The van der Waals surface area contributed by atoms with Crippen LogP contribution in [0.25, 0.3) is 33.2 Å². The first kappa shape index (κ1) is 27.4. The number of aromatic nitrogens is 4. The smallest absolute Gasteiger partial charge is 0.261 e. The summed E-state index contributed by atoms with van der Waals surface area (Å²) in [7, 11) is 0. The molecule has 10 nitrogen and oxygen atoms in total. The number of piperidine rings is 1. The summed E-state index contributed by atoms with van der Waals surface area (Å²) in [5.41, 5.74) is 1.97. The molecule has 1 aliphatic heterocycles. The largest absolute Gasteiger partial charge is 0.494 e. The maximum Gasteiger partial charge on any atom is 0.261 e. The van der Waals surface area contributed by atoms with E-state index in [0.717, 1.165) is 53.2 Å². The summed E-state index contributed by atoms with van der Waals surface area (Å²) < 4.78 is 8.51. The molecule has 1 aliphatic rings. The maximum absolute atomic E-state index is 12.9. The zero-order chi connectivity index (χ0) is 28.5. The lowest BCUT2D eigenvalue weighted by Gasteiger charge is -2.32. The fourth-order valence-corrected chi connectivity index (χ4v) is 5.93. The number of hydrogen-bond donors (Lipinski definition) is 5. The fourth-order valence-electron chi connectivity index (χ4n) is 5.53. The Hall–Kier alpha value is -3.80. The van der Waals surface area contributed by atoms with Gasteiger partial charge in [0.05, 0.1) is 21.2 Å². The van der Waals surface area contributed by atoms with Crippen molar-refractivity contribution >= 4 is 43.4 Å². The van der Waals surface area contributed by atoms with Gasteiger partial charge in [0, 0.05) is 48.8 Å². The van der Waals surface area contributed by atoms with E-state index in [1.54, 1.807) is 12.3 Å². The molecular weight excluding hydrogens is 588 g/mol. The summed E-state index contributed by atoms with van der Waals surface area (Å²) in [5, 5.41) is 26.4. The van der Waals surface area contributed by atoms with E-state index in [0.29, 0.717) is 28.3 Å². The van der Waals surface area contributed by atoms with E-state index in [9.17, 15) is 15.0 Å². The van der Waals surface area contributed by atoms with Crippen LogP contribution >= 0.6 is 15.9 Å². The maximum atomic E-state index is 12.9. The van der Waals surface area contributed by atoms with E-state index < -0.39 is 6.10 Å². The second-order valence-corrected chi connectivity index (χ2v) is 11.3. The summed E-state index contributed by atoms with van der Waals surface area (Å²) in [6.07, 6.45) is 4.74. The zero-order valence-corrected chi connectivity index (χ0v) is 24.3. The SMILES string of the molecule is CCN1CCC(n2cc3cc4[nH]c(-c5c(NC[C@@H](O)COc6ccccc6Br)cc[nH]c5=O)nc4cc3c2O)CC1. The second-order valence-electron chi connectivity index (χ2n) is 10.4. The number of para-hydroxylation sites is 1. The van der Waals surface area contributed by atoms with Crippen LogP contribution in [0.3, 0.4) is 0 Å². The number of ether oxygens (including phenoxy) is 1. The number of hydrogen-bond acceptors (Lipinski definition) is 7. The van der Waals surface area contributed by atoms with Crippen LogP contribution in [-0.2, 0) is 0 Å². The van der Waals surface area contributed by atoms with Crippen molar-refractivity contribution < 1.29 is 14.9 Å². The first-order valence-corrected chi connectivity index (χ1v) is 14.7. The van der Waals surface area contributed by atoms with Gasteiger partial charge in [0.15, 0.2) is 5.88 Å². The van der Waals surface area contributed by atoms with E-state index >= 15 is 0 Å². The fraction of sp³-hybridized carbons (Fsp3) is 0.333. The molecule has 3 aromatic heterocycles. The van der Waals surface area contributed by atoms with Crippen molar-refractivity contribution in [3.8, 4) is 23.0 Å². The van der Waals surface area contributed by atoms with Gasteiger partial charge < -0.3 is 39.7 Å². The van der Waals surface area contributed by atoms with Crippen LogP contribution in [0.4, 0.5) is 5.69 Å². The molecule has 41 heavy (non-hydrogen) atoms. The van der Waals surface area contributed by atoms with E-state index in [2.05, 4.69) is 43.0 Å². The van der Waals surface area contributed by atoms with E-state index in [1.165, 1.54) is 0 Å². The predicted octanol–water partition coefficient (Wildman–Crippen LogP) is 4.85. The van der Waals surface area contributed by atoms with Crippen LogP contribution in [-0.4, -0.2) is 73.5 Å². The monoisotopic (exact) mass is 620 g/mol. The highest BCUT2D eigenvalue weighted by Gasteiger charge is 2.23. The van der Waals surface area contributed by atoms with Gasteiger partial charge in [-0.05, 0) is 65.6 Å². The average Bonchev–Trinajstić information content (AvgIpc) is 3.54. The number of halogens is 1. The third-order valence-electron chi connectivity index (χ3n) is 7.81. The molecular formula is C30H33BrN6O4. The average molecular weight is 622 g/mol. The number of imidazole rings is 1. The van der Waals surface area contributed by atoms with Gasteiger partial charge in [-0.25, -0.2) is 4.98 Å². The Bertz CT molecular complexity index is 1740. The lowest BCUT2D eigenvalue weighted by atomic mass is 10.1. The summed E-state index contributed by atoms with van der Waals surface area (Å²) in [5.74, 6) is 1.29. The van der Waals surface area contributed by atoms with Crippen molar-refractivity contribution in [2.75, 3.05) is 38.1 Å². The number of aliphatic hydroxyl groups is 1. The number of anilines is 1. The highest BCUT2D eigenvalue weighted by atomic mass is 79.9. The molecule has 1 atom stereocenters. The van der Waals surface area contributed by atoms with Gasteiger partial charge >= 0.3 is 0 Å². The minimum absolute atomic E-state index is 0.0789. The molecule has 0 bridgehead atoms. The summed E-state index contributed by atoms with van der Waals surface area (Å²) in [4.78, 5) is 26.1. The minimum Gasteiger partial charge on any atom is -0.494 e. The van der Waals surface area contributed by atoms with Gasteiger partial charge in [0.1, 0.15) is 29.8 Å². The van der Waals surface area contributed by atoms with Crippen molar-refractivity contribution in [3.63, 3.8) is 0 Å². The van der Waals surface area contributed by atoms with Crippen molar-refractivity contribution in [2.24, 2.45) is 0 Å². The van der Waals surface area contributed by atoms with Gasteiger partial charge in [-0.15, -0.1) is 0 Å². The molecule has 1 fully saturated rings. The molecule has 0 amide bonds. The first-order valence-electron chi connectivity index (χ1n) is 13.9. The number of fused-ring (bicyclic) bond motifs is 2. The molecule has 0 saturated carbocycles. The minimum atomic E-state index is -0.820. The molecule has 214 valence electrons. The number of H-pyrrole nitrogens is 2. The lowest BCUT2D eigenvalue weighted by Crippen LogP contribution is -2.34. The molecule has 11 heteroatoms. The normalized spacial score (nSPS) is 15.5. The van der Waals surface area contributed by atoms with E-state index in [1.807, 2.05) is 47.2 Å². The Morgan fingerprint density at radius 1 is 1.22 bits per heavy atom. The van der Waals surface area contributed by atoms with Gasteiger partial charge in [0.2, 0.25) is 0 Å². The molecule has 0 aliphatic carbocycles. The Morgan fingerprint density at radius 3 is 2.80 bits per heavy atom. The number of likely N-dealkylation sites (tertiary alicyclic amines) is 1. The van der Waals surface area contributed by atoms with E-state index in [-0.39, 0.29) is 30.6 Å². The molecule has 5 N–H and O–H groups in total. The molecule has 0 unspecified atom stereocenters. The third kappa shape index (κ3) is 5.57. The molecule has 1 saturated heterocycles. The lowest BCUT2D eigenvalue weighted by molar-refractivity contribution is 0.117. The standard InChI is InChI=1S/C30H33BrN6O4/c1-2-36-11-8-19(9-12-36)37-16-18-13-24-25(14-21(18)30(37)40)35-28(34-24)27-23(7-10-32-29(27)39)33-15-20(38)17-41-26-6-4-3-5-22(26)31/h3-7,10,13-14,16,19-20,38,40H,2,8-9,11-12,15,17H2,1H3,(H,34,35)(H2,32,33,39)/t20-/m1/s1. The summed E-state index contributed by atoms with van der Waals surface area (Å²) >= 11 is 3.43. The number of aliphatic hydroxyl groups excluding tert-OH is 1. The number of nitrogens with one attached hydrogen (secondary N) is 3. The highest BCUT2D eigenvalue weighted by Crippen LogP contribution is 2.36. The van der Waals surface area contributed by atoms with Crippen molar-refractivity contribution in [1.29, 1.82) is 0 Å². The van der Waals surface area contributed by atoms with Crippen LogP contribution < -0.4 is 15.6 Å². The Morgan fingerprint density at radius 2 is 2.02 bits per heavy atom. The first-order chi connectivity index (χ1) is 19.9. The van der Waals surface area contributed by atoms with Crippen molar-refractivity contribution in [3.05, 3.63) is 69.7 Å². The number of nitrogens with zero attached hydrogens (tertiary/aromatic N) is 3. The number of benzene rings is 2. The Balaban J connectivity index is 1.22. The Kier molecular flexibility index (Phi) is 7.74. The predicted molar refractivity (Wildman–Crippen MR) is 164 cm³/mol. The van der Waals surface area contributed by atoms with Crippen LogP contribution in [0, 0.1) is 0 Å². The molecule has 4 heterocycles. The highest BCUT2D eigenvalue weighted by molar-refractivity contribution is 9.10. The van der Waals surface area contributed by atoms with Gasteiger partial charge in [-0.3, -0.25) is 4.79 Å². The van der Waals surface area contributed by atoms with Gasteiger partial charge in [-0.2, -0.15) is 0 Å². The Labute approximate surface area is 245 Å². The number of aromatic hydroxyl groups is 1. The zero-order valence-electron chi connectivity index (χ0n) is 22.7. The van der Waals surface area contributed by atoms with Crippen molar-refractivity contribution in [2.45, 2.75) is 31.9 Å². The van der Waals surface area contributed by atoms with Crippen LogP contribution in [0.2, 0.25) is 0 Å². The van der Waals surface area contributed by atoms with Crippen LogP contribution in [0.5, 0.6) is 11.6 Å². The molecule has 6 rings (SSSR count). The number of rotatable bonds is 9. The molecule has 2 aromatic carbocycles. The molecule has 5 aromatic rings. The second kappa shape index (κ2) is 11.6. The summed E-state index contributed by atoms with van der Waals surface area (Å²) in [6.45, 7) is 5.53. The quantitative estimate of drug-likeness (QED) is 0.159. The van der Waals surface area contributed by atoms with Gasteiger partial charge in [0.25, 0.3) is 5.56 Å². The van der Waals surface area contributed by atoms with E-state index in [4.69, 9.17) is 9.72 Å². The van der Waals surface area contributed by atoms with Crippen molar-refractivity contribution in [1.82, 2.24) is 24.4 Å². The van der Waals surface area contributed by atoms with Crippen LogP contribution in [0.1, 0.15) is 25.8 Å². The third-order valence-corrected chi connectivity index (χ3v) is 8.46.